The first-order valence-corrected chi connectivity index (χ1v) is 5.53. The molecule has 0 aliphatic carbocycles. The molecule has 1 aliphatic heterocycles. The lowest BCUT2D eigenvalue weighted by Gasteiger charge is -2.28. The van der Waals surface area contributed by atoms with E-state index in [2.05, 4.69) is 0 Å². The monoisotopic (exact) mass is 229 g/mol. The maximum absolute atomic E-state index is 10.8. The maximum atomic E-state index is 10.8. The topological polar surface area (TPSA) is 72.6 Å². The van der Waals surface area contributed by atoms with Crippen LogP contribution in [0, 0.1) is 10.1 Å². The molecule has 0 radical (unpaired) electrons. The Kier molecular flexibility index (Phi) is 2.99. The highest BCUT2D eigenvalue weighted by Gasteiger charge is 2.39. The second-order valence-corrected chi connectivity index (χ2v) is 4.48. The third-order valence-corrected chi connectivity index (χ3v) is 3.56. The molecular weight excluding hydrogens is 218 g/mol. The summed E-state index contributed by atoms with van der Waals surface area (Å²) in [7, 11) is 0. The summed E-state index contributed by atoms with van der Waals surface area (Å²) < 4.78 is 4.90. The normalized spacial score (nSPS) is 31.4. The molecule has 5 nitrogen and oxygen atoms in total. The standard InChI is InChI=1S/C9H11NO4S/c11-9-4-6(8-2-1-3-15-8)7(5-14-9)10(12)13/h1-3,6-7,9,11H,4-5H2. The molecular formula is C9H11NO4S. The molecule has 1 aromatic heterocycles. The van der Waals surface area contributed by atoms with Crippen molar-refractivity contribution in [2.24, 2.45) is 0 Å². The molecule has 1 aromatic rings. The smallest absolute Gasteiger partial charge is 0.243 e. The van der Waals surface area contributed by atoms with E-state index in [0.717, 1.165) is 4.88 Å². The molecule has 3 unspecified atom stereocenters. The van der Waals surface area contributed by atoms with Gasteiger partial charge in [-0.05, 0) is 11.4 Å². The van der Waals surface area contributed by atoms with Gasteiger partial charge in [0.25, 0.3) is 0 Å². The van der Waals surface area contributed by atoms with Crippen molar-refractivity contribution < 1.29 is 14.8 Å². The molecule has 1 N–H and O–H groups in total. The number of aliphatic hydroxyl groups excluding tert-OH is 1. The van der Waals surface area contributed by atoms with Crippen LogP contribution in [0.1, 0.15) is 17.2 Å². The largest absolute Gasteiger partial charge is 0.368 e. The van der Waals surface area contributed by atoms with Gasteiger partial charge in [-0.25, -0.2) is 0 Å². The fourth-order valence-corrected chi connectivity index (χ4v) is 2.68. The zero-order chi connectivity index (χ0) is 10.8. The molecule has 0 spiro atoms. The molecule has 2 heterocycles. The Labute approximate surface area is 90.5 Å². The summed E-state index contributed by atoms with van der Waals surface area (Å²) >= 11 is 1.48. The van der Waals surface area contributed by atoms with Gasteiger partial charge in [-0.1, -0.05) is 6.07 Å². The van der Waals surface area contributed by atoms with Crippen LogP contribution in [0.2, 0.25) is 0 Å². The lowest BCUT2D eigenvalue weighted by molar-refractivity contribution is -0.538. The van der Waals surface area contributed by atoms with E-state index in [4.69, 9.17) is 4.74 Å². The van der Waals surface area contributed by atoms with Crippen molar-refractivity contribution in [3.63, 3.8) is 0 Å². The number of nitrogens with zero attached hydrogens (tertiary/aromatic N) is 1. The summed E-state index contributed by atoms with van der Waals surface area (Å²) in [4.78, 5) is 11.4. The van der Waals surface area contributed by atoms with Crippen LogP contribution in [-0.2, 0) is 4.74 Å². The van der Waals surface area contributed by atoms with Crippen LogP contribution in [0.15, 0.2) is 17.5 Å². The van der Waals surface area contributed by atoms with E-state index in [9.17, 15) is 15.2 Å². The predicted octanol–water partition coefficient (Wildman–Crippen LogP) is 1.22. The highest BCUT2D eigenvalue weighted by atomic mass is 32.1. The Balaban J connectivity index is 2.20. The van der Waals surface area contributed by atoms with E-state index in [1.165, 1.54) is 11.3 Å². The molecule has 0 saturated carbocycles. The van der Waals surface area contributed by atoms with Gasteiger partial charge in [-0.15, -0.1) is 11.3 Å². The molecule has 3 atom stereocenters. The van der Waals surface area contributed by atoms with Crippen LogP contribution >= 0.6 is 11.3 Å². The first kappa shape index (κ1) is 10.5. The summed E-state index contributed by atoms with van der Waals surface area (Å²) in [5.74, 6) is -0.233. The lowest BCUT2D eigenvalue weighted by Crippen LogP contribution is -2.40. The van der Waals surface area contributed by atoms with E-state index in [-0.39, 0.29) is 17.4 Å². The minimum atomic E-state index is -0.881. The summed E-state index contributed by atoms with van der Waals surface area (Å²) in [6.07, 6.45) is -0.583. The van der Waals surface area contributed by atoms with Crippen molar-refractivity contribution >= 4 is 11.3 Å². The Morgan fingerprint density at radius 3 is 3.07 bits per heavy atom. The Morgan fingerprint density at radius 1 is 1.67 bits per heavy atom. The minimum absolute atomic E-state index is 0.0171. The molecule has 15 heavy (non-hydrogen) atoms. The third kappa shape index (κ3) is 2.17. The van der Waals surface area contributed by atoms with E-state index in [1.54, 1.807) is 0 Å². The zero-order valence-corrected chi connectivity index (χ0v) is 8.72. The van der Waals surface area contributed by atoms with Gasteiger partial charge in [0.1, 0.15) is 6.61 Å². The van der Waals surface area contributed by atoms with Crippen molar-refractivity contribution in [1.82, 2.24) is 0 Å². The average Bonchev–Trinajstić information content (AvgIpc) is 2.69. The van der Waals surface area contributed by atoms with Gasteiger partial charge in [0.2, 0.25) is 6.04 Å². The number of thiophene rings is 1. The molecule has 6 heteroatoms. The zero-order valence-electron chi connectivity index (χ0n) is 7.91. The Bertz CT molecular complexity index is 340. The first-order chi connectivity index (χ1) is 7.18. The van der Waals surface area contributed by atoms with Gasteiger partial charge in [0, 0.05) is 16.2 Å². The Morgan fingerprint density at radius 2 is 2.47 bits per heavy atom. The van der Waals surface area contributed by atoms with Crippen molar-refractivity contribution in [2.45, 2.75) is 24.7 Å². The molecule has 0 aromatic carbocycles. The highest BCUT2D eigenvalue weighted by Crippen LogP contribution is 2.33. The second-order valence-electron chi connectivity index (χ2n) is 3.50. The molecule has 1 aliphatic rings. The molecule has 2 rings (SSSR count). The van der Waals surface area contributed by atoms with Gasteiger partial charge < -0.3 is 9.84 Å². The van der Waals surface area contributed by atoms with Crippen LogP contribution in [-0.4, -0.2) is 29.0 Å². The van der Waals surface area contributed by atoms with Crippen LogP contribution in [0.5, 0.6) is 0 Å². The van der Waals surface area contributed by atoms with Crippen LogP contribution in [0.25, 0.3) is 0 Å². The molecule has 1 saturated heterocycles. The van der Waals surface area contributed by atoms with E-state index in [0.29, 0.717) is 6.42 Å². The quantitative estimate of drug-likeness (QED) is 0.611. The summed E-state index contributed by atoms with van der Waals surface area (Å²) in [6.45, 7) is -0.0171. The summed E-state index contributed by atoms with van der Waals surface area (Å²) in [5, 5.41) is 22.0. The van der Waals surface area contributed by atoms with Gasteiger partial charge in [0.05, 0.1) is 5.92 Å². The highest BCUT2D eigenvalue weighted by molar-refractivity contribution is 7.10. The van der Waals surface area contributed by atoms with Gasteiger partial charge >= 0.3 is 0 Å². The lowest BCUT2D eigenvalue weighted by atomic mass is 9.93. The first-order valence-electron chi connectivity index (χ1n) is 4.65. The average molecular weight is 229 g/mol. The van der Waals surface area contributed by atoms with Crippen molar-refractivity contribution in [1.29, 1.82) is 0 Å². The minimum Gasteiger partial charge on any atom is -0.368 e. The van der Waals surface area contributed by atoms with E-state index < -0.39 is 12.3 Å². The summed E-state index contributed by atoms with van der Waals surface area (Å²) in [5.41, 5.74) is 0. The van der Waals surface area contributed by atoms with Crippen LogP contribution in [0.4, 0.5) is 0 Å². The molecule has 0 bridgehead atoms. The molecule has 0 amide bonds. The fraction of sp³-hybridized carbons (Fsp3) is 0.556. The number of ether oxygens (including phenoxy) is 1. The molecule has 82 valence electrons. The van der Waals surface area contributed by atoms with Gasteiger partial charge in [-0.3, -0.25) is 10.1 Å². The third-order valence-electron chi connectivity index (χ3n) is 2.56. The maximum Gasteiger partial charge on any atom is 0.243 e. The van der Waals surface area contributed by atoms with Crippen molar-refractivity contribution in [2.75, 3.05) is 6.61 Å². The van der Waals surface area contributed by atoms with Gasteiger partial charge in [-0.2, -0.15) is 0 Å². The van der Waals surface area contributed by atoms with Gasteiger partial charge in [0.15, 0.2) is 6.29 Å². The summed E-state index contributed by atoms with van der Waals surface area (Å²) in [6, 6.07) is 2.98. The number of aliphatic hydroxyl groups is 1. The van der Waals surface area contributed by atoms with Crippen LogP contribution < -0.4 is 0 Å². The SMILES string of the molecule is O=[N+]([O-])C1COC(O)CC1c1cccs1. The second kappa shape index (κ2) is 4.26. The number of rotatable bonds is 2. The Hall–Kier alpha value is -0.980. The number of hydrogen-bond acceptors (Lipinski definition) is 5. The van der Waals surface area contributed by atoms with Crippen LogP contribution in [0.3, 0.4) is 0 Å². The predicted molar refractivity (Wildman–Crippen MR) is 54.4 cm³/mol. The molecule has 1 fully saturated rings. The fourth-order valence-electron chi connectivity index (χ4n) is 1.78. The van der Waals surface area contributed by atoms with E-state index in [1.807, 2.05) is 17.5 Å². The van der Waals surface area contributed by atoms with Crippen molar-refractivity contribution in [3.05, 3.63) is 32.5 Å². The van der Waals surface area contributed by atoms with Crippen molar-refractivity contribution in [3.8, 4) is 0 Å². The number of hydrogen-bond donors (Lipinski definition) is 1. The van der Waals surface area contributed by atoms with E-state index >= 15 is 0 Å². The number of nitro groups is 1.